The molecular formula is C25H30O4. The van der Waals surface area contributed by atoms with Crippen LogP contribution in [0.2, 0.25) is 0 Å². The van der Waals surface area contributed by atoms with Crippen LogP contribution < -0.4 is 4.74 Å². The highest BCUT2D eigenvalue weighted by Gasteiger charge is 2.10. The molecule has 0 fully saturated rings. The highest BCUT2D eigenvalue weighted by atomic mass is 16.6. The number of methoxy groups -OCH3 is 1. The molecule has 3 aromatic carbocycles. The van der Waals surface area contributed by atoms with Crippen LogP contribution in [-0.4, -0.2) is 46.8 Å². The number of fused-ring (bicyclic) bond motifs is 1. The van der Waals surface area contributed by atoms with Gasteiger partial charge in [-0.3, -0.25) is 0 Å². The van der Waals surface area contributed by atoms with Gasteiger partial charge < -0.3 is 18.9 Å². The average Bonchev–Trinajstić information content (AvgIpc) is 2.73. The molecule has 0 aliphatic rings. The van der Waals surface area contributed by atoms with Crippen molar-refractivity contribution in [3.05, 3.63) is 65.7 Å². The van der Waals surface area contributed by atoms with E-state index in [-0.39, 0.29) is 0 Å². The van der Waals surface area contributed by atoms with E-state index in [1.165, 1.54) is 27.6 Å². The van der Waals surface area contributed by atoms with Crippen molar-refractivity contribution in [1.29, 1.82) is 0 Å². The molecule has 3 aromatic rings. The number of ether oxygens (including phenoxy) is 4. The minimum absolute atomic E-state index is 0.505. The Morgan fingerprint density at radius 2 is 1.28 bits per heavy atom. The van der Waals surface area contributed by atoms with Gasteiger partial charge in [-0.05, 0) is 53.6 Å². The van der Waals surface area contributed by atoms with Crippen molar-refractivity contribution in [3.8, 4) is 16.9 Å². The van der Waals surface area contributed by atoms with Gasteiger partial charge in [0, 0.05) is 12.5 Å². The molecule has 0 radical (unpaired) electrons. The van der Waals surface area contributed by atoms with Crippen LogP contribution in [0, 0.1) is 13.8 Å². The molecular weight excluding hydrogens is 364 g/mol. The Balaban J connectivity index is 1.68. The van der Waals surface area contributed by atoms with E-state index in [0.717, 1.165) is 11.1 Å². The third-order valence-corrected chi connectivity index (χ3v) is 4.69. The lowest BCUT2D eigenvalue weighted by Crippen LogP contribution is -2.12. The van der Waals surface area contributed by atoms with Crippen molar-refractivity contribution >= 4 is 10.8 Å². The van der Waals surface area contributed by atoms with E-state index in [1.54, 1.807) is 7.11 Å². The molecule has 0 N–H and O–H groups in total. The zero-order valence-electron chi connectivity index (χ0n) is 17.6. The molecule has 0 saturated heterocycles. The number of rotatable bonds is 11. The van der Waals surface area contributed by atoms with Crippen LogP contribution in [0.3, 0.4) is 0 Å². The van der Waals surface area contributed by atoms with Crippen LogP contribution in [0.1, 0.15) is 11.1 Å². The molecule has 4 nitrogen and oxygen atoms in total. The average molecular weight is 395 g/mol. The smallest absolute Gasteiger partial charge is 0.127 e. The molecule has 0 bridgehead atoms. The minimum atomic E-state index is 0.505. The summed E-state index contributed by atoms with van der Waals surface area (Å²) in [6.45, 7) is 7.58. The van der Waals surface area contributed by atoms with E-state index in [0.29, 0.717) is 39.6 Å². The van der Waals surface area contributed by atoms with Gasteiger partial charge in [-0.25, -0.2) is 0 Å². The maximum absolute atomic E-state index is 6.11. The molecule has 0 heterocycles. The van der Waals surface area contributed by atoms with E-state index in [2.05, 4.69) is 62.4 Å². The lowest BCUT2D eigenvalue weighted by atomic mass is 9.94. The zero-order chi connectivity index (χ0) is 20.5. The normalized spacial score (nSPS) is 11.1. The molecule has 0 spiro atoms. The molecule has 0 aliphatic heterocycles. The van der Waals surface area contributed by atoms with Crippen LogP contribution >= 0.6 is 0 Å². The standard InChI is InChI=1S/C25H30O4/c1-19-15-22(21-7-5-4-6-8-21)23-16-20(2)18-25(24(23)17-19)29-14-13-28-12-11-27-10-9-26-3/h4-8,15-18H,9-14H2,1-3H3. The summed E-state index contributed by atoms with van der Waals surface area (Å²) in [5.41, 5.74) is 4.85. The second-order valence-corrected chi connectivity index (χ2v) is 7.10. The molecule has 0 aliphatic carbocycles. The Kier molecular flexibility index (Phi) is 8.05. The fraction of sp³-hybridized carbons (Fsp3) is 0.360. The fourth-order valence-corrected chi connectivity index (χ4v) is 3.36. The van der Waals surface area contributed by atoms with Gasteiger partial charge in [0.2, 0.25) is 0 Å². The van der Waals surface area contributed by atoms with E-state index >= 15 is 0 Å². The van der Waals surface area contributed by atoms with Crippen LogP contribution in [0.15, 0.2) is 54.6 Å². The fourth-order valence-electron chi connectivity index (χ4n) is 3.36. The summed E-state index contributed by atoms with van der Waals surface area (Å²) in [7, 11) is 1.66. The number of aryl methyl sites for hydroxylation is 2. The first-order valence-corrected chi connectivity index (χ1v) is 10.1. The Labute approximate surface area is 173 Å². The topological polar surface area (TPSA) is 36.9 Å². The second-order valence-electron chi connectivity index (χ2n) is 7.10. The monoisotopic (exact) mass is 394 g/mol. The Hall–Kier alpha value is -2.40. The highest BCUT2D eigenvalue weighted by Crippen LogP contribution is 2.36. The predicted molar refractivity (Wildman–Crippen MR) is 118 cm³/mol. The SMILES string of the molecule is COCCOCCOCCOc1cc(C)cc2c(-c3ccccc3)cc(C)cc12. The lowest BCUT2D eigenvalue weighted by molar-refractivity contribution is 0.0181. The molecule has 0 unspecified atom stereocenters. The first-order valence-electron chi connectivity index (χ1n) is 10.1. The maximum Gasteiger partial charge on any atom is 0.127 e. The van der Waals surface area contributed by atoms with E-state index in [9.17, 15) is 0 Å². The molecule has 0 atom stereocenters. The van der Waals surface area contributed by atoms with Crippen LogP contribution in [0.5, 0.6) is 5.75 Å². The molecule has 0 amide bonds. The number of benzene rings is 3. The van der Waals surface area contributed by atoms with Gasteiger partial charge >= 0.3 is 0 Å². The minimum Gasteiger partial charge on any atom is -0.491 e. The van der Waals surface area contributed by atoms with Crippen molar-refractivity contribution in [2.75, 3.05) is 46.8 Å². The Morgan fingerprint density at radius 1 is 0.655 bits per heavy atom. The quantitative estimate of drug-likeness (QED) is 0.420. The summed E-state index contributed by atoms with van der Waals surface area (Å²) in [5, 5.41) is 2.35. The van der Waals surface area contributed by atoms with Crippen LogP contribution in [0.4, 0.5) is 0 Å². The van der Waals surface area contributed by atoms with E-state index in [1.807, 2.05) is 6.07 Å². The zero-order valence-corrected chi connectivity index (χ0v) is 17.6. The maximum atomic E-state index is 6.11. The molecule has 3 rings (SSSR count). The van der Waals surface area contributed by atoms with Crippen molar-refractivity contribution in [3.63, 3.8) is 0 Å². The van der Waals surface area contributed by atoms with Crippen molar-refractivity contribution in [2.45, 2.75) is 13.8 Å². The van der Waals surface area contributed by atoms with Gasteiger partial charge in [-0.1, -0.05) is 42.5 Å². The first-order chi connectivity index (χ1) is 14.2. The largest absolute Gasteiger partial charge is 0.491 e. The number of hydrogen-bond acceptors (Lipinski definition) is 4. The summed E-state index contributed by atoms with van der Waals surface area (Å²) in [5.74, 6) is 0.904. The Bertz CT molecular complexity index is 906. The lowest BCUT2D eigenvalue weighted by Gasteiger charge is -2.15. The van der Waals surface area contributed by atoms with Crippen LogP contribution in [-0.2, 0) is 14.2 Å². The van der Waals surface area contributed by atoms with Gasteiger partial charge in [-0.15, -0.1) is 0 Å². The van der Waals surface area contributed by atoms with E-state index < -0.39 is 0 Å². The summed E-state index contributed by atoms with van der Waals surface area (Å²) >= 11 is 0. The van der Waals surface area contributed by atoms with Crippen molar-refractivity contribution in [1.82, 2.24) is 0 Å². The van der Waals surface area contributed by atoms with Gasteiger partial charge in [0.05, 0.1) is 33.0 Å². The Morgan fingerprint density at radius 3 is 2.00 bits per heavy atom. The molecule has 0 saturated carbocycles. The van der Waals surface area contributed by atoms with Crippen molar-refractivity contribution < 1.29 is 18.9 Å². The molecule has 29 heavy (non-hydrogen) atoms. The summed E-state index contributed by atoms with van der Waals surface area (Å²) < 4.78 is 22.0. The summed E-state index contributed by atoms with van der Waals surface area (Å²) in [6.07, 6.45) is 0. The van der Waals surface area contributed by atoms with E-state index in [4.69, 9.17) is 18.9 Å². The second kappa shape index (κ2) is 11.0. The third-order valence-electron chi connectivity index (χ3n) is 4.69. The summed E-state index contributed by atoms with van der Waals surface area (Å²) in [6, 6.07) is 19.3. The van der Waals surface area contributed by atoms with Gasteiger partial charge in [-0.2, -0.15) is 0 Å². The third kappa shape index (κ3) is 6.04. The van der Waals surface area contributed by atoms with Crippen LogP contribution in [0.25, 0.3) is 21.9 Å². The predicted octanol–water partition coefficient (Wildman–Crippen LogP) is 5.18. The summed E-state index contributed by atoms with van der Waals surface area (Å²) in [4.78, 5) is 0. The molecule has 4 heteroatoms. The van der Waals surface area contributed by atoms with Gasteiger partial charge in [0.1, 0.15) is 12.4 Å². The van der Waals surface area contributed by atoms with Gasteiger partial charge in [0.25, 0.3) is 0 Å². The molecule has 0 aromatic heterocycles. The number of hydrogen-bond donors (Lipinski definition) is 0. The highest BCUT2D eigenvalue weighted by molar-refractivity contribution is 6.00. The molecule has 154 valence electrons. The van der Waals surface area contributed by atoms with Gasteiger partial charge in [0.15, 0.2) is 0 Å². The first kappa shape index (κ1) is 21.3. The van der Waals surface area contributed by atoms with Crippen molar-refractivity contribution in [2.24, 2.45) is 0 Å².